The van der Waals surface area contributed by atoms with E-state index in [4.69, 9.17) is 4.74 Å². The molecule has 2 rings (SSSR count). The van der Waals surface area contributed by atoms with Crippen molar-refractivity contribution in [2.24, 2.45) is 10.9 Å². The molecular formula is C18H24N2O3S. The summed E-state index contributed by atoms with van der Waals surface area (Å²) in [5.74, 6) is -0.544. The highest BCUT2D eigenvalue weighted by molar-refractivity contribution is 7.16. The molecule has 0 radical (unpaired) electrons. The van der Waals surface area contributed by atoms with Gasteiger partial charge in [-0.15, -0.1) is 0 Å². The maximum absolute atomic E-state index is 12.0. The van der Waals surface area contributed by atoms with Crippen molar-refractivity contribution in [1.82, 2.24) is 4.57 Å². The van der Waals surface area contributed by atoms with Crippen LogP contribution >= 0.6 is 11.3 Å². The maximum atomic E-state index is 12.0. The van der Waals surface area contributed by atoms with Gasteiger partial charge in [-0.2, -0.15) is 4.99 Å². The van der Waals surface area contributed by atoms with E-state index in [-0.39, 0.29) is 24.2 Å². The molecule has 0 atom stereocenters. The van der Waals surface area contributed by atoms with Gasteiger partial charge in [-0.1, -0.05) is 38.2 Å². The third-order valence-corrected chi connectivity index (χ3v) is 4.74. The zero-order valence-corrected chi connectivity index (χ0v) is 15.5. The Bertz CT molecular complexity index is 802. The Balaban J connectivity index is 2.47. The molecule has 0 aliphatic rings. The van der Waals surface area contributed by atoms with E-state index in [2.05, 4.69) is 24.0 Å². The summed E-state index contributed by atoms with van der Waals surface area (Å²) >= 11 is 1.49. The number of benzene rings is 1. The smallest absolute Gasteiger partial charge is 0.307 e. The van der Waals surface area contributed by atoms with Crippen LogP contribution in [0.5, 0.6) is 0 Å². The number of aryl methyl sites for hydroxylation is 2. The Morgan fingerprint density at radius 2 is 2.04 bits per heavy atom. The molecule has 2 aromatic rings. The Kier molecular flexibility index (Phi) is 6.31. The van der Waals surface area contributed by atoms with Crippen molar-refractivity contribution >= 4 is 33.4 Å². The van der Waals surface area contributed by atoms with Crippen molar-refractivity contribution < 1.29 is 14.3 Å². The van der Waals surface area contributed by atoms with E-state index >= 15 is 0 Å². The second-order valence-corrected chi connectivity index (χ2v) is 6.86. The number of aromatic nitrogens is 1. The van der Waals surface area contributed by atoms with Crippen LogP contribution in [-0.4, -0.2) is 23.1 Å². The molecule has 1 aromatic heterocycles. The highest BCUT2D eigenvalue weighted by Gasteiger charge is 2.12. The van der Waals surface area contributed by atoms with Gasteiger partial charge in [0, 0.05) is 12.5 Å². The average molecular weight is 348 g/mol. The number of ether oxygens (including phenoxy) is 1. The van der Waals surface area contributed by atoms with Gasteiger partial charge in [0.2, 0.25) is 0 Å². The van der Waals surface area contributed by atoms with E-state index in [0.29, 0.717) is 18.0 Å². The first-order chi connectivity index (χ1) is 11.5. The van der Waals surface area contributed by atoms with Crippen LogP contribution in [0.2, 0.25) is 0 Å². The Morgan fingerprint density at radius 1 is 1.29 bits per heavy atom. The summed E-state index contributed by atoms with van der Waals surface area (Å²) in [7, 11) is 0. The molecule has 0 N–H and O–H groups in total. The minimum absolute atomic E-state index is 0.151. The number of esters is 1. The molecule has 1 amide bonds. The van der Waals surface area contributed by atoms with E-state index in [1.807, 2.05) is 24.5 Å². The van der Waals surface area contributed by atoms with Crippen LogP contribution in [-0.2, 0) is 27.3 Å². The minimum Gasteiger partial charge on any atom is -0.466 e. The third kappa shape index (κ3) is 4.32. The zero-order chi connectivity index (χ0) is 17.7. The van der Waals surface area contributed by atoms with E-state index in [0.717, 1.165) is 16.6 Å². The molecule has 1 aromatic carbocycles. The molecule has 0 saturated carbocycles. The van der Waals surface area contributed by atoms with Gasteiger partial charge >= 0.3 is 5.97 Å². The number of thiazole rings is 1. The average Bonchev–Trinajstić information content (AvgIpc) is 2.89. The summed E-state index contributed by atoms with van der Waals surface area (Å²) in [5, 5.41) is 0. The van der Waals surface area contributed by atoms with Gasteiger partial charge in [0.1, 0.15) is 0 Å². The lowest BCUT2D eigenvalue weighted by atomic mass is 10.2. The first-order valence-electron chi connectivity index (χ1n) is 8.32. The molecule has 1 heterocycles. The van der Waals surface area contributed by atoms with Gasteiger partial charge in [-0.05, 0) is 31.0 Å². The number of hydrogen-bond acceptors (Lipinski definition) is 4. The molecule has 6 heteroatoms. The Hall–Kier alpha value is -1.95. The molecule has 0 bridgehead atoms. The lowest BCUT2D eigenvalue weighted by molar-refractivity contribution is -0.143. The number of carbonyl (C=O) groups is 2. The monoisotopic (exact) mass is 348 g/mol. The van der Waals surface area contributed by atoms with Gasteiger partial charge in [-0.25, -0.2) is 0 Å². The molecular weight excluding hydrogens is 324 g/mol. The molecule has 5 nitrogen and oxygen atoms in total. The van der Waals surface area contributed by atoms with Crippen LogP contribution in [0.15, 0.2) is 23.2 Å². The van der Waals surface area contributed by atoms with Crippen molar-refractivity contribution in [1.29, 1.82) is 0 Å². The number of amides is 1. The van der Waals surface area contributed by atoms with Crippen LogP contribution in [0.3, 0.4) is 0 Å². The lowest BCUT2D eigenvalue weighted by Crippen LogP contribution is -2.20. The SMILES string of the molecule is CCOC(=O)CCn1c(=NC(=O)C(C)C)sc2cc(CC)ccc21. The van der Waals surface area contributed by atoms with Crippen molar-refractivity contribution in [3.05, 3.63) is 28.6 Å². The van der Waals surface area contributed by atoms with Crippen LogP contribution in [0.1, 0.15) is 39.7 Å². The highest BCUT2D eigenvalue weighted by Crippen LogP contribution is 2.20. The summed E-state index contributed by atoms with van der Waals surface area (Å²) in [6, 6.07) is 6.23. The Labute approximate surface area is 146 Å². The van der Waals surface area contributed by atoms with Gasteiger partial charge in [0.05, 0.1) is 23.2 Å². The van der Waals surface area contributed by atoms with E-state index < -0.39 is 0 Å². The Morgan fingerprint density at radius 3 is 2.67 bits per heavy atom. The highest BCUT2D eigenvalue weighted by atomic mass is 32.1. The fraction of sp³-hybridized carbons (Fsp3) is 0.500. The van der Waals surface area contributed by atoms with E-state index in [1.54, 1.807) is 6.92 Å². The second kappa shape index (κ2) is 8.24. The molecule has 0 spiro atoms. The lowest BCUT2D eigenvalue weighted by Gasteiger charge is -2.06. The van der Waals surface area contributed by atoms with Crippen LogP contribution in [0.25, 0.3) is 10.2 Å². The fourth-order valence-electron chi connectivity index (χ4n) is 2.30. The summed E-state index contributed by atoms with van der Waals surface area (Å²) < 4.78 is 8.02. The van der Waals surface area contributed by atoms with Gasteiger partial charge in [0.25, 0.3) is 5.91 Å². The number of carbonyl (C=O) groups excluding carboxylic acids is 2. The van der Waals surface area contributed by atoms with Gasteiger partial charge in [0.15, 0.2) is 4.80 Å². The predicted molar refractivity (Wildman–Crippen MR) is 95.9 cm³/mol. The molecule has 0 unspecified atom stereocenters. The first-order valence-corrected chi connectivity index (χ1v) is 9.14. The molecule has 130 valence electrons. The maximum Gasteiger partial charge on any atom is 0.307 e. The molecule has 0 fully saturated rings. The summed E-state index contributed by atoms with van der Waals surface area (Å²) in [6.07, 6.45) is 1.21. The summed E-state index contributed by atoms with van der Waals surface area (Å²) in [4.78, 5) is 28.6. The van der Waals surface area contributed by atoms with E-state index in [1.165, 1.54) is 16.9 Å². The van der Waals surface area contributed by atoms with Crippen molar-refractivity contribution in [2.45, 2.75) is 47.1 Å². The second-order valence-electron chi connectivity index (χ2n) is 5.85. The fourth-order valence-corrected chi connectivity index (χ4v) is 3.42. The quantitative estimate of drug-likeness (QED) is 0.753. The van der Waals surface area contributed by atoms with E-state index in [9.17, 15) is 9.59 Å². The largest absolute Gasteiger partial charge is 0.466 e. The van der Waals surface area contributed by atoms with Crippen molar-refractivity contribution in [3.63, 3.8) is 0 Å². The molecule has 24 heavy (non-hydrogen) atoms. The van der Waals surface area contributed by atoms with Crippen molar-refractivity contribution in [3.8, 4) is 0 Å². The number of nitrogens with zero attached hydrogens (tertiary/aromatic N) is 2. The molecule has 0 aliphatic carbocycles. The molecule has 0 saturated heterocycles. The van der Waals surface area contributed by atoms with Gasteiger partial charge < -0.3 is 9.30 Å². The summed E-state index contributed by atoms with van der Waals surface area (Å²) in [6.45, 7) is 8.39. The van der Waals surface area contributed by atoms with Gasteiger partial charge in [-0.3, -0.25) is 9.59 Å². The zero-order valence-electron chi connectivity index (χ0n) is 14.7. The van der Waals surface area contributed by atoms with Crippen LogP contribution in [0.4, 0.5) is 0 Å². The minimum atomic E-state index is -0.240. The number of fused-ring (bicyclic) bond motifs is 1. The molecule has 0 aliphatic heterocycles. The summed E-state index contributed by atoms with van der Waals surface area (Å²) in [5.41, 5.74) is 2.24. The number of hydrogen-bond donors (Lipinski definition) is 0. The normalized spacial score (nSPS) is 12.1. The first kappa shape index (κ1) is 18.4. The standard InChI is InChI=1S/C18H24N2O3S/c1-5-13-7-8-14-15(11-13)24-18(19-17(22)12(3)4)20(14)10-9-16(21)23-6-2/h7-8,11-12H,5-6,9-10H2,1-4H3. The topological polar surface area (TPSA) is 60.7 Å². The van der Waals surface area contributed by atoms with Crippen LogP contribution < -0.4 is 4.80 Å². The predicted octanol–water partition coefficient (Wildman–Crippen LogP) is 3.30. The van der Waals surface area contributed by atoms with Crippen molar-refractivity contribution in [2.75, 3.05) is 6.61 Å². The number of rotatable bonds is 6. The van der Waals surface area contributed by atoms with Crippen LogP contribution in [0, 0.1) is 5.92 Å². The third-order valence-electron chi connectivity index (χ3n) is 3.70.